The molecule has 1 rings (SSSR count). The number of rotatable bonds is 3. The largest absolute Gasteiger partial charge is 0.480 e. The van der Waals surface area contributed by atoms with Crippen molar-refractivity contribution >= 4 is 5.97 Å². The van der Waals surface area contributed by atoms with E-state index in [1.165, 1.54) is 33.2 Å². The molecule has 0 saturated carbocycles. The molecule has 15 heavy (non-hydrogen) atoms. The molecular formula is C10H13NO4. The van der Waals surface area contributed by atoms with E-state index in [4.69, 9.17) is 9.84 Å². The number of carbonyl (C=O) groups is 1. The SMILES string of the molecule is COc1nccc(C(C)(C)O)c1C(=O)O. The van der Waals surface area contributed by atoms with Gasteiger partial charge in [-0.2, -0.15) is 0 Å². The molecule has 0 amide bonds. The van der Waals surface area contributed by atoms with E-state index >= 15 is 0 Å². The van der Waals surface area contributed by atoms with Crippen LogP contribution in [0.25, 0.3) is 0 Å². The third kappa shape index (κ3) is 2.24. The lowest BCUT2D eigenvalue weighted by atomic mass is 9.94. The van der Waals surface area contributed by atoms with Crippen molar-refractivity contribution in [1.82, 2.24) is 4.98 Å². The molecule has 5 heteroatoms. The summed E-state index contributed by atoms with van der Waals surface area (Å²) < 4.78 is 4.84. The predicted octanol–water partition coefficient (Wildman–Crippen LogP) is 1.02. The number of nitrogens with zero attached hydrogens (tertiary/aromatic N) is 1. The molecule has 0 atom stereocenters. The van der Waals surface area contributed by atoms with Crippen LogP contribution in [-0.2, 0) is 5.60 Å². The second-order valence-corrected chi connectivity index (χ2v) is 3.61. The fraction of sp³-hybridized carbons (Fsp3) is 0.400. The lowest BCUT2D eigenvalue weighted by Gasteiger charge is -2.20. The fourth-order valence-corrected chi connectivity index (χ4v) is 1.31. The fourth-order valence-electron chi connectivity index (χ4n) is 1.31. The molecule has 82 valence electrons. The quantitative estimate of drug-likeness (QED) is 0.780. The van der Waals surface area contributed by atoms with Crippen molar-refractivity contribution in [2.75, 3.05) is 7.11 Å². The highest BCUT2D eigenvalue weighted by Gasteiger charge is 2.27. The van der Waals surface area contributed by atoms with Gasteiger partial charge in [-0.3, -0.25) is 0 Å². The summed E-state index contributed by atoms with van der Waals surface area (Å²) in [5.74, 6) is -1.17. The normalized spacial score (nSPS) is 11.2. The average molecular weight is 211 g/mol. The summed E-state index contributed by atoms with van der Waals surface area (Å²) >= 11 is 0. The second-order valence-electron chi connectivity index (χ2n) is 3.61. The molecule has 2 N–H and O–H groups in total. The van der Waals surface area contributed by atoms with Crippen LogP contribution < -0.4 is 4.74 Å². The standard InChI is InChI=1S/C10H13NO4/c1-10(2,14)6-4-5-11-8(15-3)7(6)9(12)13/h4-5,14H,1-3H3,(H,12,13). The van der Waals surface area contributed by atoms with E-state index in [-0.39, 0.29) is 17.0 Å². The third-order valence-corrected chi connectivity index (χ3v) is 1.98. The minimum absolute atomic E-state index is 0.00197. The van der Waals surface area contributed by atoms with Crippen molar-refractivity contribution in [2.24, 2.45) is 0 Å². The first kappa shape index (κ1) is 11.5. The first-order chi connectivity index (χ1) is 6.88. The summed E-state index contributed by atoms with van der Waals surface area (Å²) in [5.41, 5.74) is -1.07. The molecule has 5 nitrogen and oxygen atoms in total. The summed E-state index contributed by atoms with van der Waals surface area (Å²) in [6, 6.07) is 1.46. The lowest BCUT2D eigenvalue weighted by Crippen LogP contribution is -2.21. The molecule has 0 fully saturated rings. The smallest absolute Gasteiger partial charge is 0.341 e. The van der Waals surface area contributed by atoms with Crippen molar-refractivity contribution < 1.29 is 19.7 Å². The van der Waals surface area contributed by atoms with Crippen LogP contribution in [0.15, 0.2) is 12.3 Å². The van der Waals surface area contributed by atoms with Crippen LogP contribution in [0.1, 0.15) is 29.8 Å². The topological polar surface area (TPSA) is 79.7 Å². The number of aromatic nitrogens is 1. The highest BCUT2D eigenvalue weighted by molar-refractivity contribution is 5.92. The molecule has 0 radical (unpaired) electrons. The number of carboxylic acids is 1. The molecule has 0 aliphatic rings. The Morgan fingerprint density at radius 2 is 2.13 bits per heavy atom. The monoisotopic (exact) mass is 211 g/mol. The molecule has 0 spiro atoms. The van der Waals surface area contributed by atoms with E-state index in [0.717, 1.165) is 0 Å². The maximum atomic E-state index is 11.0. The van der Waals surface area contributed by atoms with E-state index < -0.39 is 11.6 Å². The molecule has 1 aromatic heterocycles. The van der Waals surface area contributed by atoms with Crippen LogP contribution in [-0.4, -0.2) is 28.3 Å². The molecule has 1 aromatic rings. The highest BCUT2D eigenvalue weighted by atomic mass is 16.5. The van der Waals surface area contributed by atoms with E-state index in [1.54, 1.807) is 0 Å². The van der Waals surface area contributed by atoms with Gasteiger partial charge in [-0.25, -0.2) is 9.78 Å². The molecule has 0 unspecified atom stereocenters. The number of aliphatic hydroxyl groups is 1. The molecular weight excluding hydrogens is 198 g/mol. The van der Waals surface area contributed by atoms with Gasteiger partial charge in [0.05, 0.1) is 12.7 Å². The van der Waals surface area contributed by atoms with Crippen LogP contribution in [0.2, 0.25) is 0 Å². The van der Waals surface area contributed by atoms with Crippen molar-refractivity contribution in [2.45, 2.75) is 19.4 Å². The van der Waals surface area contributed by atoms with Crippen LogP contribution in [0.3, 0.4) is 0 Å². The number of aromatic carboxylic acids is 1. The Morgan fingerprint density at radius 3 is 2.53 bits per heavy atom. The minimum Gasteiger partial charge on any atom is -0.480 e. The zero-order chi connectivity index (χ0) is 11.6. The number of hydrogen-bond donors (Lipinski definition) is 2. The van der Waals surface area contributed by atoms with Gasteiger partial charge in [-0.1, -0.05) is 0 Å². The number of methoxy groups -OCH3 is 1. The Hall–Kier alpha value is -1.62. The van der Waals surface area contributed by atoms with Crippen LogP contribution in [0.4, 0.5) is 0 Å². The third-order valence-electron chi connectivity index (χ3n) is 1.98. The molecule has 1 heterocycles. The van der Waals surface area contributed by atoms with E-state index in [0.29, 0.717) is 0 Å². The van der Waals surface area contributed by atoms with Gasteiger partial charge in [0.25, 0.3) is 0 Å². The maximum Gasteiger partial charge on any atom is 0.341 e. The van der Waals surface area contributed by atoms with Gasteiger partial charge in [0.1, 0.15) is 5.56 Å². The molecule has 0 bridgehead atoms. The summed E-state index contributed by atoms with van der Waals surface area (Å²) in [7, 11) is 1.34. The Morgan fingerprint density at radius 1 is 1.53 bits per heavy atom. The predicted molar refractivity (Wildman–Crippen MR) is 53.0 cm³/mol. The molecule has 0 aliphatic heterocycles. The van der Waals surface area contributed by atoms with Crippen molar-refractivity contribution in [3.05, 3.63) is 23.4 Å². The number of hydrogen-bond acceptors (Lipinski definition) is 4. The van der Waals surface area contributed by atoms with Crippen LogP contribution in [0.5, 0.6) is 5.88 Å². The van der Waals surface area contributed by atoms with E-state index in [1.807, 2.05) is 0 Å². The number of pyridine rings is 1. The zero-order valence-corrected chi connectivity index (χ0v) is 8.81. The first-order valence-corrected chi connectivity index (χ1v) is 4.37. The number of ether oxygens (including phenoxy) is 1. The van der Waals surface area contributed by atoms with E-state index in [9.17, 15) is 9.90 Å². The van der Waals surface area contributed by atoms with Gasteiger partial charge in [0.15, 0.2) is 0 Å². The zero-order valence-electron chi connectivity index (χ0n) is 8.81. The van der Waals surface area contributed by atoms with Gasteiger partial charge in [0, 0.05) is 11.8 Å². The van der Waals surface area contributed by atoms with Crippen molar-refractivity contribution in [3.8, 4) is 5.88 Å². The molecule has 0 aliphatic carbocycles. The highest BCUT2D eigenvalue weighted by Crippen LogP contribution is 2.28. The maximum absolute atomic E-state index is 11.0. The van der Waals surface area contributed by atoms with Gasteiger partial charge < -0.3 is 14.9 Å². The Kier molecular flexibility index (Phi) is 2.95. The minimum atomic E-state index is -1.25. The lowest BCUT2D eigenvalue weighted by molar-refractivity contribution is 0.0622. The molecule has 0 aromatic carbocycles. The van der Waals surface area contributed by atoms with Crippen LogP contribution >= 0.6 is 0 Å². The number of carboxylic acid groups (broad SMARTS) is 1. The van der Waals surface area contributed by atoms with Crippen molar-refractivity contribution in [1.29, 1.82) is 0 Å². The average Bonchev–Trinajstić information content (AvgIpc) is 2.15. The van der Waals surface area contributed by atoms with Crippen molar-refractivity contribution in [3.63, 3.8) is 0 Å². The Balaban J connectivity index is 3.46. The summed E-state index contributed by atoms with van der Waals surface area (Å²) in [6.45, 7) is 3.02. The van der Waals surface area contributed by atoms with Crippen LogP contribution in [0, 0.1) is 0 Å². The second kappa shape index (κ2) is 3.86. The Labute approximate surface area is 87.3 Å². The van der Waals surface area contributed by atoms with Gasteiger partial charge in [-0.15, -0.1) is 0 Å². The summed E-state index contributed by atoms with van der Waals surface area (Å²) in [6.07, 6.45) is 1.40. The summed E-state index contributed by atoms with van der Waals surface area (Å²) in [4.78, 5) is 14.8. The Bertz CT molecular complexity index is 381. The van der Waals surface area contributed by atoms with Gasteiger partial charge >= 0.3 is 5.97 Å². The molecule has 0 saturated heterocycles. The van der Waals surface area contributed by atoms with E-state index in [2.05, 4.69) is 4.98 Å². The first-order valence-electron chi connectivity index (χ1n) is 4.37. The summed E-state index contributed by atoms with van der Waals surface area (Å²) in [5, 5.41) is 18.8. The van der Waals surface area contributed by atoms with Gasteiger partial charge in [0.2, 0.25) is 5.88 Å². The van der Waals surface area contributed by atoms with Gasteiger partial charge in [-0.05, 0) is 19.9 Å².